The number of amides is 1. The van der Waals surface area contributed by atoms with Crippen LogP contribution in [-0.4, -0.2) is 17.6 Å². The van der Waals surface area contributed by atoms with Gasteiger partial charge in [-0.05, 0) is 24.6 Å². The molecule has 0 fully saturated rings. The standard InChI is InChI=1S/C16H15NO3/c1-12-15(8-10-20-12)16(19)17-11-14-6-3-2-5-13(14)7-4-9-18/h2-3,5-6,8,10,18H,9,11H2,1H3,(H,17,19). The second kappa shape index (κ2) is 6.60. The van der Waals surface area contributed by atoms with Crippen LogP contribution in [0.15, 0.2) is 41.0 Å². The van der Waals surface area contributed by atoms with Crippen LogP contribution in [0.1, 0.15) is 27.2 Å². The van der Waals surface area contributed by atoms with E-state index in [1.54, 1.807) is 13.0 Å². The van der Waals surface area contributed by atoms with Crippen LogP contribution in [-0.2, 0) is 6.54 Å². The van der Waals surface area contributed by atoms with Crippen molar-refractivity contribution in [2.75, 3.05) is 6.61 Å². The van der Waals surface area contributed by atoms with Gasteiger partial charge in [-0.25, -0.2) is 0 Å². The fourth-order valence-corrected chi connectivity index (χ4v) is 1.82. The molecule has 1 aromatic carbocycles. The summed E-state index contributed by atoms with van der Waals surface area (Å²) in [5.74, 6) is 5.88. The average Bonchev–Trinajstić information content (AvgIpc) is 2.89. The van der Waals surface area contributed by atoms with E-state index in [4.69, 9.17) is 9.52 Å². The summed E-state index contributed by atoms with van der Waals surface area (Å²) < 4.78 is 5.10. The van der Waals surface area contributed by atoms with Gasteiger partial charge in [-0.3, -0.25) is 4.79 Å². The third kappa shape index (κ3) is 3.28. The van der Waals surface area contributed by atoms with Crippen molar-refractivity contribution < 1.29 is 14.3 Å². The SMILES string of the molecule is Cc1occc1C(=O)NCc1ccccc1C#CCO. The second-order valence-corrected chi connectivity index (χ2v) is 4.19. The van der Waals surface area contributed by atoms with E-state index >= 15 is 0 Å². The Balaban J connectivity index is 2.08. The molecule has 20 heavy (non-hydrogen) atoms. The van der Waals surface area contributed by atoms with E-state index in [-0.39, 0.29) is 12.5 Å². The van der Waals surface area contributed by atoms with Crippen molar-refractivity contribution in [3.63, 3.8) is 0 Å². The number of aliphatic hydroxyl groups excluding tert-OH is 1. The van der Waals surface area contributed by atoms with Gasteiger partial charge in [-0.15, -0.1) is 0 Å². The van der Waals surface area contributed by atoms with E-state index in [1.807, 2.05) is 24.3 Å². The molecule has 1 amide bonds. The molecule has 0 saturated carbocycles. The van der Waals surface area contributed by atoms with Gasteiger partial charge in [-0.2, -0.15) is 0 Å². The highest BCUT2D eigenvalue weighted by molar-refractivity contribution is 5.95. The molecule has 0 bridgehead atoms. The summed E-state index contributed by atoms with van der Waals surface area (Å²) in [7, 11) is 0. The summed E-state index contributed by atoms with van der Waals surface area (Å²) in [4.78, 5) is 12.0. The Labute approximate surface area is 117 Å². The third-order valence-corrected chi connectivity index (χ3v) is 2.86. The Morgan fingerprint density at radius 3 is 2.85 bits per heavy atom. The van der Waals surface area contributed by atoms with Crippen LogP contribution >= 0.6 is 0 Å². The average molecular weight is 269 g/mol. The van der Waals surface area contributed by atoms with Gasteiger partial charge < -0.3 is 14.8 Å². The van der Waals surface area contributed by atoms with Crippen LogP contribution in [0.3, 0.4) is 0 Å². The highest BCUT2D eigenvalue weighted by Gasteiger charge is 2.11. The normalized spacial score (nSPS) is 9.70. The van der Waals surface area contributed by atoms with Crippen molar-refractivity contribution in [3.8, 4) is 11.8 Å². The number of furan rings is 1. The van der Waals surface area contributed by atoms with Gasteiger partial charge in [0.2, 0.25) is 0 Å². The molecule has 0 aliphatic rings. The molecule has 2 rings (SSSR count). The van der Waals surface area contributed by atoms with Gasteiger partial charge in [0, 0.05) is 12.1 Å². The van der Waals surface area contributed by atoms with Crippen molar-refractivity contribution in [2.24, 2.45) is 0 Å². The molecule has 0 atom stereocenters. The summed E-state index contributed by atoms with van der Waals surface area (Å²) in [5.41, 5.74) is 2.23. The molecular formula is C16H15NO3. The summed E-state index contributed by atoms with van der Waals surface area (Å²) in [5, 5.41) is 11.6. The van der Waals surface area contributed by atoms with E-state index in [1.165, 1.54) is 6.26 Å². The van der Waals surface area contributed by atoms with Crippen LogP contribution in [0.5, 0.6) is 0 Å². The largest absolute Gasteiger partial charge is 0.469 e. The number of rotatable bonds is 3. The molecule has 102 valence electrons. The lowest BCUT2D eigenvalue weighted by Crippen LogP contribution is -2.23. The maximum Gasteiger partial charge on any atom is 0.255 e. The van der Waals surface area contributed by atoms with Crippen molar-refractivity contribution >= 4 is 5.91 Å². The molecule has 2 N–H and O–H groups in total. The van der Waals surface area contributed by atoms with Gasteiger partial charge in [-0.1, -0.05) is 30.0 Å². The number of aryl methyl sites for hydroxylation is 1. The van der Waals surface area contributed by atoms with E-state index in [2.05, 4.69) is 17.2 Å². The summed E-state index contributed by atoms with van der Waals surface area (Å²) in [6.45, 7) is 1.93. The zero-order chi connectivity index (χ0) is 14.4. The van der Waals surface area contributed by atoms with Gasteiger partial charge in [0.1, 0.15) is 12.4 Å². The third-order valence-electron chi connectivity index (χ3n) is 2.86. The Hall–Kier alpha value is -2.51. The van der Waals surface area contributed by atoms with Crippen molar-refractivity contribution in [2.45, 2.75) is 13.5 Å². The molecular weight excluding hydrogens is 254 g/mol. The second-order valence-electron chi connectivity index (χ2n) is 4.19. The maximum absolute atomic E-state index is 12.0. The predicted molar refractivity (Wildman–Crippen MR) is 75.0 cm³/mol. The van der Waals surface area contributed by atoms with E-state index in [9.17, 15) is 4.79 Å². The minimum absolute atomic E-state index is 0.179. The maximum atomic E-state index is 12.0. The quantitative estimate of drug-likeness (QED) is 0.836. The molecule has 0 saturated heterocycles. The van der Waals surface area contributed by atoms with Gasteiger partial charge in [0.15, 0.2) is 0 Å². The summed E-state index contributed by atoms with van der Waals surface area (Å²) in [6.07, 6.45) is 1.49. The minimum Gasteiger partial charge on any atom is -0.469 e. The highest BCUT2D eigenvalue weighted by Crippen LogP contribution is 2.10. The fourth-order valence-electron chi connectivity index (χ4n) is 1.82. The van der Waals surface area contributed by atoms with Crippen molar-refractivity contribution in [1.29, 1.82) is 0 Å². The van der Waals surface area contributed by atoms with E-state index in [0.717, 1.165) is 11.1 Å². The van der Waals surface area contributed by atoms with Crippen LogP contribution < -0.4 is 5.32 Å². The van der Waals surface area contributed by atoms with Gasteiger partial charge in [0.05, 0.1) is 11.8 Å². The molecule has 0 aliphatic heterocycles. The number of hydrogen-bond donors (Lipinski definition) is 2. The molecule has 0 aliphatic carbocycles. The number of nitrogens with one attached hydrogen (secondary N) is 1. The molecule has 1 heterocycles. The fraction of sp³-hybridized carbons (Fsp3) is 0.188. The first-order valence-electron chi connectivity index (χ1n) is 6.22. The molecule has 0 radical (unpaired) electrons. The molecule has 4 heteroatoms. The molecule has 4 nitrogen and oxygen atoms in total. The number of hydrogen-bond acceptors (Lipinski definition) is 3. The highest BCUT2D eigenvalue weighted by atomic mass is 16.3. The Kier molecular flexibility index (Phi) is 4.59. The van der Waals surface area contributed by atoms with E-state index < -0.39 is 0 Å². The van der Waals surface area contributed by atoms with Gasteiger partial charge >= 0.3 is 0 Å². The number of carbonyl (C=O) groups is 1. The monoisotopic (exact) mass is 269 g/mol. The molecule has 0 unspecified atom stereocenters. The van der Waals surface area contributed by atoms with Gasteiger partial charge in [0.25, 0.3) is 5.91 Å². The van der Waals surface area contributed by atoms with E-state index in [0.29, 0.717) is 17.9 Å². The first-order valence-corrected chi connectivity index (χ1v) is 6.22. The first kappa shape index (κ1) is 13.9. The topological polar surface area (TPSA) is 62.5 Å². The zero-order valence-corrected chi connectivity index (χ0v) is 11.1. The lowest BCUT2D eigenvalue weighted by atomic mass is 10.1. The smallest absolute Gasteiger partial charge is 0.255 e. The summed E-state index contributed by atoms with van der Waals surface area (Å²) >= 11 is 0. The van der Waals surface area contributed by atoms with Crippen LogP contribution in [0.4, 0.5) is 0 Å². The molecule has 1 aromatic heterocycles. The van der Waals surface area contributed by atoms with Crippen molar-refractivity contribution in [3.05, 3.63) is 59.0 Å². The number of benzene rings is 1. The van der Waals surface area contributed by atoms with Crippen LogP contribution in [0, 0.1) is 18.8 Å². The van der Waals surface area contributed by atoms with Crippen molar-refractivity contribution in [1.82, 2.24) is 5.32 Å². The van der Waals surface area contributed by atoms with Crippen LogP contribution in [0.25, 0.3) is 0 Å². The number of aliphatic hydroxyl groups is 1. The van der Waals surface area contributed by atoms with Crippen LogP contribution in [0.2, 0.25) is 0 Å². The molecule has 2 aromatic rings. The Morgan fingerprint density at radius 1 is 1.35 bits per heavy atom. The lowest BCUT2D eigenvalue weighted by molar-refractivity contribution is 0.0949. The Bertz CT molecular complexity index is 662. The minimum atomic E-state index is -0.186. The Morgan fingerprint density at radius 2 is 2.15 bits per heavy atom. The number of carbonyl (C=O) groups excluding carboxylic acids is 1. The zero-order valence-electron chi connectivity index (χ0n) is 11.1. The lowest BCUT2D eigenvalue weighted by Gasteiger charge is -2.06. The molecule has 0 spiro atoms. The summed E-state index contributed by atoms with van der Waals surface area (Å²) in [6, 6.07) is 9.14. The first-order chi connectivity index (χ1) is 9.72. The predicted octanol–water partition coefficient (Wildman–Crippen LogP) is 1.86.